The maximum atomic E-state index is 13.0. The number of benzene rings is 2. The van der Waals surface area contributed by atoms with Crippen molar-refractivity contribution in [2.75, 3.05) is 18.2 Å². The van der Waals surface area contributed by atoms with Gasteiger partial charge in [-0.2, -0.15) is 0 Å². The van der Waals surface area contributed by atoms with Crippen LogP contribution in [-0.4, -0.2) is 32.3 Å². The molecule has 0 atom stereocenters. The molecule has 0 spiro atoms. The Bertz CT molecular complexity index is 1230. The first-order valence-electron chi connectivity index (χ1n) is 9.83. The molecule has 0 bridgehead atoms. The summed E-state index contributed by atoms with van der Waals surface area (Å²) >= 11 is 0. The Balaban J connectivity index is 1.78. The van der Waals surface area contributed by atoms with Crippen LogP contribution in [0.25, 0.3) is 11.3 Å². The number of methoxy groups -OCH3 is 1. The minimum atomic E-state index is -3.69. The van der Waals surface area contributed by atoms with E-state index >= 15 is 0 Å². The molecule has 3 aromatic rings. The van der Waals surface area contributed by atoms with Gasteiger partial charge in [0.15, 0.2) is 15.6 Å². The molecule has 3 rings (SSSR count). The van der Waals surface area contributed by atoms with Crippen LogP contribution in [-0.2, 0) is 14.6 Å². The summed E-state index contributed by atoms with van der Waals surface area (Å²) in [7, 11) is -2.18. The third kappa shape index (κ3) is 4.96. The van der Waals surface area contributed by atoms with Gasteiger partial charge in [-0.1, -0.05) is 23.4 Å². The number of anilines is 1. The third-order valence-electron chi connectivity index (χ3n) is 5.17. The molecule has 164 valence electrons. The van der Waals surface area contributed by atoms with Gasteiger partial charge in [0.2, 0.25) is 5.91 Å². The van der Waals surface area contributed by atoms with Gasteiger partial charge in [0.25, 0.3) is 0 Å². The lowest BCUT2D eigenvalue weighted by molar-refractivity contribution is -0.115. The summed E-state index contributed by atoms with van der Waals surface area (Å²) in [5.74, 6) is 0.343. The molecule has 0 saturated heterocycles. The van der Waals surface area contributed by atoms with Crippen molar-refractivity contribution in [1.82, 2.24) is 5.16 Å². The van der Waals surface area contributed by atoms with Crippen LogP contribution < -0.4 is 10.1 Å². The number of nitrogens with one attached hydrogen (secondary N) is 1. The molecule has 0 saturated carbocycles. The van der Waals surface area contributed by atoms with Crippen LogP contribution in [0.5, 0.6) is 5.75 Å². The molecular weight excluding hydrogens is 416 g/mol. The summed E-state index contributed by atoms with van der Waals surface area (Å²) in [5, 5.41) is 6.68. The summed E-state index contributed by atoms with van der Waals surface area (Å²) in [6.45, 7) is 7.33. The molecule has 8 heteroatoms. The number of rotatable bonds is 7. The zero-order valence-corrected chi connectivity index (χ0v) is 19.1. The molecule has 0 unspecified atom stereocenters. The average molecular weight is 443 g/mol. The first kappa shape index (κ1) is 22.6. The maximum Gasteiger partial charge on any atom is 0.225 e. The molecule has 1 amide bonds. The predicted octanol–water partition coefficient (Wildman–Crippen LogP) is 4.39. The van der Waals surface area contributed by atoms with Crippen molar-refractivity contribution in [3.05, 3.63) is 58.8 Å². The second-order valence-electron chi connectivity index (χ2n) is 7.52. The number of carbonyl (C=O) groups excluding carboxylic acids is 1. The predicted molar refractivity (Wildman–Crippen MR) is 119 cm³/mol. The largest absolute Gasteiger partial charge is 0.495 e. The number of amides is 1. The minimum Gasteiger partial charge on any atom is -0.495 e. The molecule has 0 aliphatic rings. The van der Waals surface area contributed by atoms with Crippen LogP contribution in [0.15, 0.2) is 45.8 Å². The zero-order valence-electron chi connectivity index (χ0n) is 18.3. The molecule has 0 radical (unpaired) electrons. The SMILES string of the molecule is COc1ccc(C)cc1NC(=O)CCS(=O)(=O)c1cc(-c2onc(C)c2C)ccc1C. The van der Waals surface area contributed by atoms with E-state index in [9.17, 15) is 13.2 Å². The highest BCUT2D eigenvalue weighted by Gasteiger charge is 2.21. The van der Waals surface area contributed by atoms with Crippen molar-refractivity contribution in [1.29, 1.82) is 0 Å². The van der Waals surface area contributed by atoms with Gasteiger partial charge in [0, 0.05) is 17.5 Å². The normalized spacial score (nSPS) is 11.4. The molecule has 0 aliphatic heterocycles. The maximum absolute atomic E-state index is 13.0. The third-order valence-corrected chi connectivity index (χ3v) is 7.02. The molecular formula is C23H26N2O5S. The number of carbonyl (C=O) groups is 1. The van der Waals surface area contributed by atoms with Crippen molar-refractivity contribution >= 4 is 21.4 Å². The summed E-state index contributed by atoms with van der Waals surface area (Å²) in [5.41, 5.74) is 4.32. The van der Waals surface area contributed by atoms with Crippen molar-refractivity contribution in [3.63, 3.8) is 0 Å². The van der Waals surface area contributed by atoms with E-state index in [-0.39, 0.29) is 17.1 Å². The van der Waals surface area contributed by atoms with E-state index < -0.39 is 15.7 Å². The number of nitrogens with zero attached hydrogens (tertiary/aromatic N) is 1. The summed E-state index contributed by atoms with van der Waals surface area (Å²) in [4.78, 5) is 12.6. The minimum absolute atomic E-state index is 0.177. The number of sulfone groups is 1. The van der Waals surface area contributed by atoms with E-state index in [2.05, 4.69) is 10.5 Å². The fourth-order valence-corrected chi connectivity index (χ4v) is 4.77. The van der Waals surface area contributed by atoms with Gasteiger partial charge in [0.05, 0.1) is 29.1 Å². The van der Waals surface area contributed by atoms with Gasteiger partial charge < -0.3 is 14.6 Å². The van der Waals surface area contributed by atoms with E-state index in [1.54, 1.807) is 37.3 Å². The van der Waals surface area contributed by atoms with Crippen molar-refractivity contribution in [2.45, 2.75) is 39.0 Å². The fourth-order valence-electron chi connectivity index (χ4n) is 3.23. The van der Waals surface area contributed by atoms with Crippen molar-refractivity contribution in [2.24, 2.45) is 0 Å². The number of hydrogen-bond acceptors (Lipinski definition) is 6. The highest BCUT2D eigenvalue weighted by atomic mass is 32.2. The Morgan fingerprint density at radius 1 is 1.10 bits per heavy atom. The first-order chi connectivity index (χ1) is 14.6. The summed E-state index contributed by atoms with van der Waals surface area (Å²) in [6, 6.07) is 10.5. The average Bonchev–Trinajstić information content (AvgIpc) is 3.06. The molecule has 31 heavy (non-hydrogen) atoms. The van der Waals surface area contributed by atoms with Gasteiger partial charge in [-0.15, -0.1) is 0 Å². The number of ether oxygens (including phenoxy) is 1. The fraction of sp³-hybridized carbons (Fsp3) is 0.304. The van der Waals surface area contributed by atoms with Crippen LogP contribution in [0.1, 0.15) is 28.8 Å². The zero-order chi connectivity index (χ0) is 22.8. The van der Waals surface area contributed by atoms with Gasteiger partial charge in [-0.3, -0.25) is 4.79 Å². The second-order valence-corrected chi connectivity index (χ2v) is 9.60. The van der Waals surface area contributed by atoms with Gasteiger partial charge >= 0.3 is 0 Å². The van der Waals surface area contributed by atoms with Crippen LogP contribution in [0.2, 0.25) is 0 Å². The Kier molecular flexibility index (Phi) is 6.50. The van der Waals surface area contributed by atoms with Crippen LogP contribution >= 0.6 is 0 Å². The highest BCUT2D eigenvalue weighted by molar-refractivity contribution is 7.91. The molecule has 1 heterocycles. The second kappa shape index (κ2) is 8.93. The molecule has 7 nitrogen and oxygen atoms in total. The Morgan fingerprint density at radius 2 is 1.84 bits per heavy atom. The number of hydrogen-bond donors (Lipinski definition) is 1. The van der Waals surface area contributed by atoms with Crippen molar-refractivity contribution in [3.8, 4) is 17.1 Å². The molecule has 1 N–H and O–H groups in total. The lowest BCUT2D eigenvalue weighted by atomic mass is 10.1. The van der Waals surface area contributed by atoms with Gasteiger partial charge in [-0.25, -0.2) is 8.42 Å². The monoisotopic (exact) mass is 442 g/mol. The Labute approximate surface area is 182 Å². The first-order valence-corrected chi connectivity index (χ1v) is 11.5. The van der Waals surface area contributed by atoms with Crippen molar-refractivity contribution < 1.29 is 22.5 Å². The Morgan fingerprint density at radius 3 is 2.48 bits per heavy atom. The number of aromatic nitrogens is 1. The van der Waals surface area contributed by atoms with E-state index in [0.717, 1.165) is 16.8 Å². The van der Waals surface area contributed by atoms with Gasteiger partial charge in [0.1, 0.15) is 5.75 Å². The lowest BCUT2D eigenvalue weighted by Crippen LogP contribution is -2.18. The van der Waals surface area contributed by atoms with Gasteiger partial charge in [-0.05, 0) is 57.0 Å². The van der Waals surface area contributed by atoms with Crippen LogP contribution in [0.4, 0.5) is 5.69 Å². The van der Waals surface area contributed by atoms with E-state index in [1.807, 2.05) is 26.8 Å². The topological polar surface area (TPSA) is 98.5 Å². The Hall–Kier alpha value is -3.13. The van der Waals surface area contributed by atoms with E-state index in [1.165, 1.54) is 7.11 Å². The van der Waals surface area contributed by atoms with E-state index in [0.29, 0.717) is 28.3 Å². The molecule has 0 fully saturated rings. The smallest absolute Gasteiger partial charge is 0.225 e. The molecule has 0 aliphatic carbocycles. The standard InChI is InChI=1S/C23H26N2O5S/c1-14-6-9-20(29-5)19(12-14)24-22(26)10-11-31(27,28)21-13-18(8-7-15(21)2)23-16(3)17(4)25-30-23/h6-9,12-13H,10-11H2,1-5H3,(H,24,26). The van der Waals surface area contributed by atoms with Crippen LogP contribution in [0.3, 0.4) is 0 Å². The highest BCUT2D eigenvalue weighted by Crippen LogP contribution is 2.30. The number of aryl methyl sites for hydroxylation is 3. The summed E-state index contributed by atoms with van der Waals surface area (Å²) in [6.07, 6.45) is -0.177. The lowest BCUT2D eigenvalue weighted by Gasteiger charge is -2.12. The quantitative estimate of drug-likeness (QED) is 0.583. The van der Waals surface area contributed by atoms with Crippen LogP contribution in [0, 0.1) is 27.7 Å². The summed E-state index contributed by atoms with van der Waals surface area (Å²) < 4.78 is 36.6. The molecule has 2 aromatic carbocycles. The van der Waals surface area contributed by atoms with E-state index in [4.69, 9.17) is 9.26 Å². The molecule has 1 aromatic heterocycles.